The Labute approximate surface area is 122 Å². The van der Waals surface area contributed by atoms with Crippen LogP contribution in [0, 0.1) is 11.8 Å². The van der Waals surface area contributed by atoms with Crippen LogP contribution in [0.25, 0.3) is 0 Å². The molecule has 1 heterocycles. The number of amides is 1. The molecule has 1 amide bonds. The van der Waals surface area contributed by atoms with Crippen molar-refractivity contribution < 1.29 is 13.2 Å². The fraction of sp³-hybridized carbons (Fsp3) is 0.923. The number of nitrogens with one attached hydrogen (secondary N) is 1. The Bertz CT molecular complexity index is 413. The molecule has 118 valence electrons. The van der Waals surface area contributed by atoms with Crippen molar-refractivity contribution in [2.24, 2.45) is 11.8 Å². The number of hydrogen-bond donors (Lipinski definition) is 1. The molecule has 20 heavy (non-hydrogen) atoms. The van der Waals surface area contributed by atoms with Crippen LogP contribution in [0.2, 0.25) is 0 Å². The molecule has 0 aromatic rings. The van der Waals surface area contributed by atoms with Crippen molar-refractivity contribution in [1.29, 1.82) is 0 Å². The Morgan fingerprint density at radius 2 is 1.85 bits per heavy atom. The zero-order valence-electron chi connectivity index (χ0n) is 12.9. The predicted octanol–water partition coefficient (Wildman–Crippen LogP) is 0.667. The first-order chi connectivity index (χ1) is 9.25. The summed E-state index contributed by atoms with van der Waals surface area (Å²) in [4.78, 5) is 12.0. The van der Waals surface area contributed by atoms with Gasteiger partial charge in [0, 0.05) is 39.6 Å². The van der Waals surface area contributed by atoms with Crippen molar-refractivity contribution in [3.63, 3.8) is 0 Å². The van der Waals surface area contributed by atoms with E-state index in [1.807, 2.05) is 0 Å². The van der Waals surface area contributed by atoms with Crippen LogP contribution in [0.4, 0.5) is 0 Å². The maximum atomic E-state index is 12.0. The zero-order valence-corrected chi connectivity index (χ0v) is 13.7. The summed E-state index contributed by atoms with van der Waals surface area (Å²) in [6.45, 7) is 5.78. The first kappa shape index (κ1) is 17.4. The summed E-state index contributed by atoms with van der Waals surface area (Å²) in [6.07, 6.45) is 2.17. The van der Waals surface area contributed by atoms with Crippen molar-refractivity contribution >= 4 is 16.1 Å². The van der Waals surface area contributed by atoms with Crippen molar-refractivity contribution in [3.8, 4) is 0 Å². The highest BCUT2D eigenvalue weighted by Gasteiger charge is 2.31. The first-order valence-corrected chi connectivity index (χ1v) is 8.60. The summed E-state index contributed by atoms with van der Waals surface area (Å²) in [7, 11) is -0.287. The lowest BCUT2D eigenvalue weighted by atomic mass is 9.97. The van der Waals surface area contributed by atoms with E-state index in [4.69, 9.17) is 0 Å². The standard InChI is InChI=1S/C13H27N3O3S/c1-11(2)5-8-14-13(17)12-6-9-16(10-7-12)20(18,19)15(3)4/h11-12H,5-10H2,1-4H3,(H,14,17). The second kappa shape index (κ2) is 7.38. The molecule has 0 atom stereocenters. The highest BCUT2D eigenvalue weighted by molar-refractivity contribution is 7.86. The Kier molecular flexibility index (Phi) is 6.42. The molecule has 7 heteroatoms. The number of nitrogens with zero attached hydrogens (tertiary/aromatic N) is 2. The maximum Gasteiger partial charge on any atom is 0.281 e. The second-order valence-corrected chi connectivity index (χ2v) is 8.08. The summed E-state index contributed by atoms with van der Waals surface area (Å²) in [5, 5.41) is 2.94. The second-order valence-electron chi connectivity index (χ2n) is 5.94. The highest BCUT2D eigenvalue weighted by Crippen LogP contribution is 2.20. The summed E-state index contributed by atoms with van der Waals surface area (Å²) < 4.78 is 26.6. The van der Waals surface area contributed by atoms with Gasteiger partial charge in [-0.25, -0.2) is 0 Å². The lowest BCUT2D eigenvalue weighted by Gasteiger charge is -2.32. The minimum atomic E-state index is -3.34. The molecule has 1 rings (SSSR count). The molecule has 0 saturated carbocycles. The third-order valence-electron chi connectivity index (χ3n) is 3.63. The van der Waals surface area contributed by atoms with Crippen LogP contribution >= 0.6 is 0 Å². The Morgan fingerprint density at radius 3 is 2.30 bits per heavy atom. The molecule has 1 aliphatic heterocycles. The van der Waals surface area contributed by atoms with E-state index in [9.17, 15) is 13.2 Å². The van der Waals surface area contributed by atoms with Gasteiger partial charge in [-0.1, -0.05) is 13.8 Å². The van der Waals surface area contributed by atoms with Crippen LogP contribution in [0.1, 0.15) is 33.1 Å². The minimum absolute atomic E-state index is 0.0595. The molecule has 1 fully saturated rings. The van der Waals surface area contributed by atoms with E-state index >= 15 is 0 Å². The van der Waals surface area contributed by atoms with Gasteiger partial charge in [0.15, 0.2) is 0 Å². The number of rotatable bonds is 6. The normalized spacial score (nSPS) is 18.7. The van der Waals surface area contributed by atoms with Crippen molar-refractivity contribution in [2.75, 3.05) is 33.7 Å². The van der Waals surface area contributed by atoms with Crippen molar-refractivity contribution in [2.45, 2.75) is 33.1 Å². The van der Waals surface area contributed by atoms with Gasteiger partial charge in [-0.2, -0.15) is 17.0 Å². The van der Waals surface area contributed by atoms with Gasteiger partial charge < -0.3 is 5.32 Å². The van der Waals surface area contributed by atoms with Crippen LogP contribution < -0.4 is 5.32 Å². The lowest BCUT2D eigenvalue weighted by Crippen LogP contribution is -2.46. The summed E-state index contributed by atoms with van der Waals surface area (Å²) in [6, 6.07) is 0. The van der Waals surface area contributed by atoms with Crippen molar-refractivity contribution in [3.05, 3.63) is 0 Å². The molecule has 1 saturated heterocycles. The molecule has 0 aromatic heterocycles. The van der Waals surface area contributed by atoms with Crippen LogP contribution in [0.15, 0.2) is 0 Å². The van der Waals surface area contributed by atoms with Crippen LogP contribution in [-0.4, -0.2) is 56.7 Å². The van der Waals surface area contributed by atoms with Gasteiger partial charge in [-0.05, 0) is 25.2 Å². The third-order valence-corrected chi connectivity index (χ3v) is 5.57. The Balaban J connectivity index is 2.40. The number of piperidine rings is 1. The fourth-order valence-corrected chi connectivity index (χ4v) is 3.34. The average Bonchev–Trinajstić information content (AvgIpc) is 2.38. The Hall–Kier alpha value is -0.660. The van der Waals surface area contributed by atoms with E-state index in [0.29, 0.717) is 38.4 Å². The number of hydrogen-bond acceptors (Lipinski definition) is 3. The predicted molar refractivity (Wildman–Crippen MR) is 79.4 cm³/mol. The summed E-state index contributed by atoms with van der Waals surface area (Å²) >= 11 is 0. The molecule has 6 nitrogen and oxygen atoms in total. The van der Waals surface area contributed by atoms with Crippen LogP contribution in [-0.2, 0) is 15.0 Å². The maximum absolute atomic E-state index is 12.0. The van der Waals surface area contributed by atoms with E-state index in [0.717, 1.165) is 6.42 Å². The molecule has 0 radical (unpaired) electrons. The fourth-order valence-electron chi connectivity index (χ4n) is 2.21. The van der Waals surface area contributed by atoms with Crippen LogP contribution in [0.3, 0.4) is 0 Å². The molecule has 0 aromatic carbocycles. The zero-order chi connectivity index (χ0) is 15.3. The lowest BCUT2D eigenvalue weighted by molar-refractivity contribution is -0.126. The molecule has 0 unspecified atom stereocenters. The molecular weight excluding hydrogens is 278 g/mol. The smallest absolute Gasteiger partial charge is 0.281 e. The monoisotopic (exact) mass is 305 g/mol. The molecule has 0 aliphatic carbocycles. The van der Waals surface area contributed by atoms with E-state index in [-0.39, 0.29) is 11.8 Å². The molecule has 1 aliphatic rings. The summed E-state index contributed by atoms with van der Waals surface area (Å²) in [5.41, 5.74) is 0. The van der Waals surface area contributed by atoms with Gasteiger partial charge in [-0.3, -0.25) is 4.79 Å². The van der Waals surface area contributed by atoms with Gasteiger partial charge >= 0.3 is 0 Å². The van der Waals surface area contributed by atoms with Crippen molar-refractivity contribution in [1.82, 2.24) is 13.9 Å². The van der Waals surface area contributed by atoms with Gasteiger partial charge in [-0.15, -0.1) is 0 Å². The minimum Gasteiger partial charge on any atom is -0.356 e. The molecule has 1 N–H and O–H groups in total. The van der Waals surface area contributed by atoms with Gasteiger partial charge in [0.25, 0.3) is 10.2 Å². The van der Waals surface area contributed by atoms with E-state index in [1.54, 1.807) is 0 Å². The molecule has 0 spiro atoms. The van der Waals surface area contributed by atoms with Crippen LogP contribution in [0.5, 0.6) is 0 Å². The van der Waals surface area contributed by atoms with E-state index in [2.05, 4.69) is 19.2 Å². The Morgan fingerprint density at radius 1 is 1.30 bits per heavy atom. The highest BCUT2D eigenvalue weighted by atomic mass is 32.2. The van der Waals surface area contributed by atoms with Gasteiger partial charge in [0.2, 0.25) is 5.91 Å². The van der Waals surface area contributed by atoms with Gasteiger partial charge in [0.1, 0.15) is 0 Å². The topological polar surface area (TPSA) is 69.7 Å². The SMILES string of the molecule is CC(C)CCNC(=O)C1CCN(S(=O)(=O)N(C)C)CC1. The largest absolute Gasteiger partial charge is 0.356 e. The van der Waals surface area contributed by atoms with E-state index in [1.165, 1.54) is 22.7 Å². The molecular formula is C13H27N3O3S. The summed E-state index contributed by atoms with van der Waals surface area (Å²) in [5.74, 6) is 0.575. The third kappa shape index (κ3) is 4.71. The number of carbonyl (C=O) groups is 1. The average molecular weight is 305 g/mol. The first-order valence-electron chi connectivity index (χ1n) is 7.20. The van der Waals surface area contributed by atoms with E-state index < -0.39 is 10.2 Å². The van der Waals surface area contributed by atoms with Gasteiger partial charge in [0.05, 0.1) is 0 Å². The molecule has 0 bridgehead atoms. The number of carbonyl (C=O) groups excluding carboxylic acids is 1. The quantitative estimate of drug-likeness (QED) is 0.784.